The first kappa shape index (κ1) is 13.1. The van der Waals surface area contributed by atoms with Crippen LogP contribution in [0.5, 0.6) is 0 Å². The second-order valence-electron chi connectivity index (χ2n) is 2.95. The second kappa shape index (κ2) is 5.77. The van der Waals surface area contributed by atoms with Crippen molar-refractivity contribution in [3.8, 4) is 0 Å². The van der Waals surface area contributed by atoms with E-state index in [0.29, 0.717) is 6.42 Å². The van der Waals surface area contributed by atoms with Crippen LogP contribution in [0.15, 0.2) is 12.2 Å². The van der Waals surface area contributed by atoms with Crippen molar-refractivity contribution in [2.75, 3.05) is 27.0 Å². The van der Waals surface area contributed by atoms with Gasteiger partial charge in [-0.3, -0.25) is 8.98 Å². The zero-order chi connectivity index (χ0) is 11.2. The van der Waals surface area contributed by atoms with Gasteiger partial charge in [0.15, 0.2) is 0 Å². The van der Waals surface area contributed by atoms with Gasteiger partial charge in [-0.15, -0.1) is 0 Å². The number of carbonyl (C=O) groups is 1. The summed E-state index contributed by atoms with van der Waals surface area (Å²) in [6, 6.07) is 0. The van der Waals surface area contributed by atoms with E-state index >= 15 is 0 Å². The Morgan fingerprint density at radius 1 is 1.43 bits per heavy atom. The van der Waals surface area contributed by atoms with Gasteiger partial charge >= 0.3 is 0 Å². The van der Waals surface area contributed by atoms with Crippen LogP contribution in [0.25, 0.3) is 0 Å². The molecule has 0 rings (SSSR count). The number of carbonyl (C=O) groups excluding carboxylic acids is 1. The molecule has 5 nitrogen and oxygen atoms in total. The van der Waals surface area contributed by atoms with Gasteiger partial charge in [-0.05, 0) is 12.5 Å². The SMILES string of the molecule is CN(C)C(=O)/C=C/CCOS(C)(=O)=O. The lowest BCUT2D eigenvalue weighted by atomic mass is 10.4. The maximum Gasteiger partial charge on any atom is 0.264 e. The average molecular weight is 221 g/mol. The van der Waals surface area contributed by atoms with E-state index < -0.39 is 10.1 Å². The fraction of sp³-hybridized carbons (Fsp3) is 0.625. The normalized spacial score (nSPS) is 11.9. The summed E-state index contributed by atoms with van der Waals surface area (Å²) in [5.74, 6) is -0.135. The Morgan fingerprint density at radius 3 is 2.43 bits per heavy atom. The minimum Gasteiger partial charge on any atom is -0.345 e. The Morgan fingerprint density at radius 2 is 2.00 bits per heavy atom. The van der Waals surface area contributed by atoms with Crippen molar-refractivity contribution in [3.63, 3.8) is 0 Å². The van der Waals surface area contributed by atoms with Crippen LogP contribution >= 0.6 is 0 Å². The van der Waals surface area contributed by atoms with Crippen molar-refractivity contribution in [2.24, 2.45) is 0 Å². The van der Waals surface area contributed by atoms with Crippen LogP contribution in [0.3, 0.4) is 0 Å². The van der Waals surface area contributed by atoms with Crippen molar-refractivity contribution in [2.45, 2.75) is 6.42 Å². The van der Waals surface area contributed by atoms with E-state index in [2.05, 4.69) is 4.18 Å². The molecular formula is C8H15NO4S. The third kappa shape index (κ3) is 7.75. The molecule has 14 heavy (non-hydrogen) atoms. The van der Waals surface area contributed by atoms with E-state index in [1.54, 1.807) is 20.2 Å². The van der Waals surface area contributed by atoms with Gasteiger partial charge in [0.1, 0.15) is 0 Å². The lowest BCUT2D eigenvalue weighted by Gasteiger charge is -2.04. The van der Waals surface area contributed by atoms with Gasteiger partial charge < -0.3 is 4.90 Å². The Kier molecular flexibility index (Phi) is 5.40. The number of amides is 1. The third-order valence-corrected chi connectivity index (χ3v) is 1.88. The van der Waals surface area contributed by atoms with Crippen LogP contribution in [0.2, 0.25) is 0 Å². The highest BCUT2D eigenvalue weighted by molar-refractivity contribution is 7.85. The number of hydrogen-bond acceptors (Lipinski definition) is 4. The molecule has 0 fully saturated rings. The Balaban J connectivity index is 3.70. The smallest absolute Gasteiger partial charge is 0.264 e. The lowest BCUT2D eigenvalue weighted by Crippen LogP contribution is -2.18. The topological polar surface area (TPSA) is 63.7 Å². The van der Waals surface area contributed by atoms with Crippen LogP contribution in [0.1, 0.15) is 6.42 Å². The monoisotopic (exact) mass is 221 g/mol. The molecule has 0 unspecified atom stereocenters. The molecule has 0 spiro atoms. The van der Waals surface area contributed by atoms with E-state index in [4.69, 9.17) is 0 Å². The molecule has 0 saturated carbocycles. The fourth-order valence-corrected chi connectivity index (χ4v) is 1.000. The molecule has 0 aromatic rings. The number of hydrogen-bond donors (Lipinski definition) is 0. The Labute approximate surface area is 84.5 Å². The van der Waals surface area contributed by atoms with E-state index in [1.807, 2.05) is 0 Å². The highest BCUT2D eigenvalue weighted by Gasteiger charge is 1.99. The first-order valence-corrected chi connectivity index (χ1v) is 5.87. The molecule has 0 aliphatic heterocycles. The lowest BCUT2D eigenvalue weighted by molar-refractivity contribution is -0.123. The average Bonchev–Trinajstić information content (AvgIpc) is 2.01. The van der Waals surface area contributed by atoms with Crippen LogP contribution in [0, 0.1) is 0 Å². The van der Waals surface area contributed by atoms with E-state index in [1.165, 1.54) is 11.0 Å². The number of likely N-dealkylation sites (N-methyl/N-ethyl adjacent to an activating group) is 1. The summed E-state index contributed by atoms with van der Waals surface area (Å²) in [6.45, 7) is 0.0655. The highest BCUT2D eigenvalue weighted by Crippen LogP contribution is 1.92. The maximum absolute atomic E-state index is 11.0. The molecule has 0 aromatic carbocycles. The minimum atomic E-state index is -3.37. The van der Waals surface area contributed by atoms with Crippen molar-refractivity contribution in [3.05, 3.63) is 12.2 Å². The summed E-state index contributed by atoms with van der Waals surface area (Å²) >= 11 is 0. The summed E-state index contributed by atoms with van der Waals surface area (Å²) < 4.78 is 25.5. The van der Waals surface area contributed by atoms with E-state index in [9.17, 15) is 13.2 Å². The van der Waals surface area contributed by atoms with Crippen molar-refractivity contribution >= 4 is 16.0 Å². The predicted octanol–water partition coefficient (Wildman–Crippen LogP) is -0.00290. The van der Waals surface area contributed by atoms with Gasteiger partial charge in [0.25, 0.3) is 10.1 Å². The van der Waals surface area contributed by atoms with Crippen molar-refractivity contribution in [1.29, 1.82) is 0 Å². The van der Waals surface area contributed by atoms with Gasteiger partial charge in [0.2, 0.25) is 5.91 Å². The molecule has 0 aromatic heterocycles. The summed E-state index contributed by atoms with van der Waals surface area (Å²) in [7, 11) is -0.0933. The Bertz CT molecular complexity index is 305. The van der Waals surface area contributed by atoms with Gasteiger partial charge in [-0.25, -0.2) is 0 Å². The Hall–Kier alpha value is -0.880. The molecule has 6 heteroatoms. The van der Waals surface area contributed by atoms with E-state index in [0.717, 1.165) is 6.26 Å². The molecule has 0 atom stereocenters. The minimum absolute atomic E-state index is 0.0655. The van der Waals surface area contributed by atoms with Crippen molar-refractivity contribution < 1.29 is 17.4 Å². The summed E-state index contributed by atoms with van der Waals surface area (Å²) in [5.41, 5.74) is 0. The molecule has 0 N–H and O–H groups in total. The molecule has 0 saturated heterocycles. The van der Waals surface area contributed by atoms with Gasteiger partial charge in [-0.1, -0.05) is 6.08 Å². The zero-order valence-corrected chi connectivity index (χ0v) is 9.37. The fourth-order valence-electron chi connectivity index (χ4n) is 0.601. The maximum atomic E-state index is 11.0. The number of nitrogens with zero attached hydrogens (tertiary/aromatic N) is 1. The molecule has 0 aliphatic carbocycles. The molecule has 82 valence electrons. The standard InChI is InChI=1S/C8H15NO4S/c1-9(2)8(10)6-4-5-7-13-14(3,11)12/h4,6H,5,7H2,1-3H3/b6-4+. The molecule has 0 bridgehead atoms. The summed E-state index contributed by atoms with van der Waals surface area (Å²) in [4.78, 5) is 12.4. The van der Waals surface area contributed by atoms with Gasteiger partial charge in [0.05, 0.1) is 12.9 Å². The number of rotatable bonds is 5. The molecule has 1 amide bonds. The summed E-state index contributed by atoms with van der Waals surface area (Å²) in [5, 5.41) is 0. The van der Waals surface area contributed by atoms with Crippen molar-refractivity contribution in [1.82, 2.24) is 4.90 Å². The van der Waals surface area contributed by atoms with Crippen LogP contribution in [-0.2, 0) is 19.1 Å². The van der Waals surface area contributed by atoms with Gasteiger partial charge in [0, 0.05) is 14.1 Å². The first-order chi connectivity index (χ1) is 6.33. The second-order valence-corrected chi connectivity index (χ2v) is 4.59. The summed E-state index contributed by atoms with van der Waals surface area (Å²) in [6.07, 6.45) is 4.34. The third-order valence-electron chi connectivity index (χ3n) is 1.28. The molecular weight excluding hydrogens is 206 g/mol. The quantitative estimate of drug-likeness (QED) is 0.372. The van der Waals surface area contributed by atoms with Crippen LogP contribution < -0.4 is 0 Å². The highest BCUT2D eigenvalue weighted by atomic mass is 32.2. The van der Waals surface area contributed by atoms with Gasteiger partial charge in [-0.2, -0.15) is 8.42 Å². The van der Waals surface area contributed by atoms with Crippen LogP contribution in [0.4, 0.5) is 0 Å². The zero-order valence-electron chi connectivity index (χ0n) is 8.56. The predicted molar refractivity (Wildman–Crippen MR) is 53.2 cm³/mol. The molecule has 0 heterocycles. The molecule has 0 radical (unpaired) electrons. The van der Waals surface area contributed by atoms with E-state index in [-0.39, 0.29) is 12.5 Å². The largest absolute Gasteiger partial charge is 0.345 e. The first-order valence-electron chi connectivity index (χ1n) is 4.05. The molecule has 0 aliphatic rings. The van der Waals surface area contributed by atoms with Crippen LogP contribution in [-0.4, -0.2) is 46.2 Å².